The molecule has 0 bridgehead atoms. The van der Waals surface area contributed by atoms with Gasteiger partial charge in [0, 0.05) is 0 Å². The van der Waals surface area contributed by atoms with E-state index in [4.69, 9.17) is 22.2 Å². The third-order valence-electron chi connectivity index (χ3n) is 3.06. The normalized spacial score (nSPS) is 14.5. The molecule has 0 aromatic rings. The summed E-state index contributed by atoms with van der Waals surface area (Å²) in [7, 11) is -2.41. The first-order chi connectivity index (χ1) is 7.40. The van der Waals surface area contributed by atoms with Crippen molar-refractivity contribution in [2.24, 2.45) is 0 Å². The van der Waals surface area contributed by atoms with Crippen LogP contribution in [0, 0.1) is 0 Å². The molecule has 0 atom stereocenters. The second-order valence-corrected chi connectivity index (χ2v) is 24.9. The van der Waals surface area contributed by atoms with E-state index in [0.717, 1.165) is 12.1 Å². The number of hydrogen-bond donors (Lipinski definition) is 0. The van der Waals surface area contributed by atoms with E-state index >= 15 is 0 Å². The van der Waals surface area contributed by atoms with Gasteiger partial charge in [-0.1, -0.05) is 46.2 Å². The van der Waals surface area contributed by atoms with Gasteiger partial charge in [-0.2, -0.15) is 0 Å². The molecule has 0 N–H and O–H groups in total. The summed E-state index contributed by atoms with van der Waals surface area (Å²) in [6.45, 7) is 16.0. The van der Waals surface area contributed by atoms with Crippen LogP contribution >= 0.6 is 22.2 Å². The molecule has 104 valence electrons. The van der Waals surface area contributed by atoms with Gasteiger partial charge in [0.15, 0.2) is 0 Å². The predicted molar refractivity (Wildman–Crippen MR) is 90.8 cm³/mol. The molecule has 0 saturated carbocycles. The van der Waals surface area contributed by atoms with Gasteiger partial charge in [0.1, 0.15) is 16.5 Å². The van der Waals surface area contributed by atoms with Crippen LogP contribution < -0.4 is 0 Å². The highest BCUT2D eigenvalue weighted by molar-refractivity contribution is 7.45. The van der Waals surface area contributed by atoms with Crippen molar-refractivity contribution in [2.45, 2.75) is 64.7 Å². The molecule has 0 aromatic heterocycles. The lowest BCUT2D eigenvalue weighted by Crippen LogP contribution is -2.59. The van der Waals surface area contributed by atoms with Crippen LogP contribution in [-0.2, 0) is 0 Å². The molecule has 0 aromatic carbocycles. The van der Waals surface area contributed by atoms with Crippen molar-refractivity contribution in [1.82, 2.24) is 4.23 Å². The van der Waals surface area contributed by atoms with Gasteiger partial charge in [0.2, 0.25) is 0 Å². The molecule has 6 heteroatoms. The van der Waals surface area contributed by atoms with Crippen molar-refractivity contribution in [1.29, 1.82) is 0 Å². The van der Waals surface area contributed by atoms with E-state index in [1.807, 2.05) is 0 Å². The molecular formula is C11H29Cl2NSi3. The summed E-state index contributed by atoms with van der Waals surface area (Å²) in [5.41, 5.74) is 0. The first kappa shape index (κ1) is 18.2. The molecule has 0 saturated heterocycles. The summed E-state index contributed by atoms with van der Waals surface area (Å²) in [5.74, 6) is 0. The van der Waals surface area contributed by atoms with E-state index in [1.54, 1.807) is 0 Å². The molecule has 0 amide bonds. The molecule has 0 aliphatic rings. The predicted octanol–water partition coefficient (Wildman–Crippen LogP) is 5.29. The van der Waals surface area contributed by atoms with E-state index in [0.29, 0.717) is 0 Å². The topological polar surface area (TPSA) is 3.24 Å². The first-order valence-corrected chi connectivity index (χ1v) is 17.9. The van der Waals surface area contributed by atoms with Crippen molar-refractivity contribution in [3.63, 3.8) is 0 Å². The van der Waals surface area contributed by atoms with Crippen LogP contribution in [0.3, 0.4) is 0 Å². The van der Waals surface area contributed by atoms with E-state index in [1.165, 1.54) is 13.0 Å². The Kier molecular flexibility index (Phi) is 7.03. The summed E-state index contributed by atoms with van der Waals surface area (Å²) in [6, 6.07) is 2.01. The summed E-state index contributed by atoms with van der Waals surface area (Å²) in [6.07, 6.45) is 1.17. The van der Waals surface area contributed by atoms with E-state index in [2.05, 4.69) is 50.4 Å². The second-order valence-electron chi connectivity index (χ2n) is 6.81. The maximum atomic E-state index is 6.34. The van der Waals surface area contributed by atoms with Gasteiger partial charge in [-0.15, -0.1) is 22.2 Å². The van der Waals surface area contributed by atoms with Crippen LogP contribution in [-0.4, -0.2) is 33.9 Å². The van der Waals surface area contributed by atoms with Crippen LogP contribution in [0.1, 0.15) is 13.3 Å². The lowest BCUT2D eigenvalue weighted by atomic mass is 10.5. The average molecular weight is 331 g/mol. The van der Waals surface area contributed by atoms with Crippen molar-refractivity contribution in [3.05, 3.63) is 0 Å². The summed E-state index contributed by atoms with van der Waals surface area (Å²) in [5, 5.41) is 0. The number of hydrogen-bond acceptors (Lipinski definition) is 1. The standard InChI is InChI=1S/C11H29Cl2NSi3/c1-8-17(12,13)11-9-10-14(15(2,3)4)16(5,6)7/h8-11H2,1-7H3. The molecule has 0 rings (SSSR count). The summed E-state index contributed by atoms with van der Waals surface area (Å²) in [4.78, 5) is 0. The molecule has 0 unspecified atom stereocenters. The molecule has 0 heterocycles. The smallest absolute Gasteiger partial charge is 0.251 e. The van der Waals surface area contributed by atoms with Crippen LogP contribution in [0.4, 0.5) is 0 Å². The molecule has 0 radical (unpaired) electrons. The Labute approximate surface area is 120 Å². The second kappa shape index (κ2) is 6.57. The molecule has 17 heavy (non-hydrogen) atoms. The zero-order valence-electron chi connectivity index (χ0n) is 12.5. The summed E-state index contributed by atoms with van der Waals surface area (Å²) >= 11 is 12.7. The molecule has 0 fully saturated rings. The van der Waals surface area contributed by atoms with E-state index in [-0.39, 0.29) is 0 Å². The Morgan fingerprint density at radius 2 is 1.29 bits per heavy atom. The van der Waals surface area contributed by atoms with Crippen molar-refractivity contribution in [2.75, 3.05) is 6.54 Å². The lowest BCUT2D eigenvalue weighted by molar-refractivity contribution is 0.600. The minimum absolute atomic E-state index is 0.968. The SMILES string of the molecule is CC[Si](Cl)(Cl)CCCN([Si](C)(C)C)[Si](C)(C)C. The Morgan fingerprint density at radius 1 is 0.882 bits per heavy atom. The maximum Gasteiger partial charge on any atom is 0.251 e. The average Bonchev–Trinajstić information content (AvgIpc) is 2.08. The molecule has 0 aliphatic carbocycles. The van der Waals surface area contributed by atoms with Gasteiger partial charge in [-0.25, -0.2) is 0 Å². The Bertz CT molecular complexity index is 220. The fourth-order valence-corrected chi connectivity index (χ4v) is 13.9. The largest absolute Gasteiger partial charge is 0.346 e. The fourth-order valence-electron chi connectivity index (χ4n) is 2.35. The first-order valence-electron chi connectivity index (χ1n) is 6.56. The summed E-state index contributed by atoms with van der Waals surface area (Å²) < 4.78 is 2.81. The Morgan fingerprint density at radius 3 is 1.59 bits per heavy atom. The Balaban J connectivity index is 4.41. The van der Waals surface area contributed by atoms with Crippen molar-refractivity contribution in [3.8, 4) is 0 Å². The van der Waals surface area contributed by atoms with Crippen molar-refractivity contribution < 1.29 is 0 Å². The van der Waals surface area contributed by atoms with E-state index < -0.39 is 23.2 Å². The van der Waals surface area contributed by atoms with Gasteiger partial charge in [-0.05, 0) is 25.1 Å². The number of nitrogens with zero attached hydrogens (tertiary/aromatic N) is 1. The number of halogens is 2. The van der Waals surface area contributed by atoms with Crippen molar-refractivity contribution >= 4 is 45.3 Å². The van der Waals surface area contributed by atoms with Gasteiger partial charge in [0.25, 0.3) is 6.69 Å². The molecular weight excluding hydrogens is 301 g/mol. The lowest BCUT2D eigenvalue weighted by Gasteiger charge is -2.43. The van der Waals surface area contributed by atoms with Gasteiger partial charge >= 0.3 is 0 Å². The minimum atomic E-state index is -1.91. The minimum Gasteiger partial charge on any atom is -0.346 e. The zero-order chi connectivity index (χ0) is 13.9. The third kappa shape index (κ3) is 7.38. The highest BCUT2D eigenvalue weighted by Gasteiger charge is 2.34. The highest BCUT2D eigenvalue weighted by Crippen LogP contribution is 2.28. The number of rotatable bonds is 7. The van der Waals surface area contributed by atoms with Gasteiger partial charge < -0.3 is 4.23 Å². The van der Waals surface area contributed by atoms with Crippen LogP contribution in [0.15, 0.2) is 0 Å². The fraction of sp³-hybridized carbons (Fsp3) is 1.00. The van der Waals surface area contributed by atoms with Crippen LogP contribution in [0.25, 0.3) is 0 Å². The molecule has 0 aliphatic heterocycles. The monoisotopic (exact) mass is 329 g/mol. The quantitative estimate of drug-likeness (QED) is 0.453. The highest BCUT2D eigenvalue weighted by atomic mass is 35.7. The molecule has 1 nitrogen and oxygen atoms in total. The zero-order valence-corrected chi connectivity index (χ0v) is 17.0. The van der Waals surface area contributed by atoms with E-state index in [9.17, 15) is 0 Å². The Hall–Kier alpha value is 1.19. The van der Waals surface area contributed by atoms with Gasteiger partial charge in [0.05, 0.1) is 0 Å². The van der Waals surface area contributed by atoms with Crippen LogP contribution in [0.5, 0.6) is 0 Å². The van der Waals surface area contributed by atoms with Gasteiger partial charge in [-0.3, -0.25) is 0 Å². The third-order valence-corrected chi connectivity index (χ3v) is 15.6. The maximum absolute atomic E-state index is 6.34. The molecule has 0 spiro atoms. The van der Waals surface area contributed by atoms with Crippen LogP contribution in [0.2, 0.25) is 51.4 Å².